The molecule has 0 amide bonds. The Kier molecular flexibility index (Phi) is 4.62. The molecule has 1 aromatic rings. The molecule has 2 fully saturated rings. The number of benzene rings is 1. The quantitative estimate of drug-likeness (QED) is 0.832. The van der Waals surface area contributed by atoms with E-state index in [1.54, 1.807) is 12.1 Å². The summed E-state index contributed by atoms with van der Waals surface area (Å²) in [5.74, 6) is 0.452. The first-order chi connectivity index (χ1) is 10.1. The van der Waals surface area contributed by atoms with Crippen molar-refractivity contribution >= 4 is 12.6 Å². The van der Waals surface area contributed by atoms with Gasteiger partial charge in [0.25, 0.3) is 0 Å². The van der Waals surface area contributed by atoms with E-state index >= 15 is 0 Å². The lowest BCUT2D eigenvalue weighted by molar-refractivity contribution is 0.0539. The van der Waals surface area contributed by atoms with Gasteiger partial charge in [-0.1, -0.05) is 25.0 Å². The predicted molar refractivity (Wildman–Crippen MR) is 81.6 cm³/mol. The standard InChI is InChI=1S/C16H23BFNO2/c18-15-10-14(17(20)21)8-7-13(15)11-19-9-3-5-12-4-1-2-6-16(12)19/h7-8,10,12,16,20-21H,1-6,9,11H2/t12-,16-/m1/s1. The van der Waals surface area contributed by atoms with E-state index in [1.807, 2.05) is 0 Å². The van der Waals surface area contributed by atoms with Crippen LogP contribution in [0, 0.1) is 11.7 Å². The third kappa shape index (κ3) is 3.30. The van der Waals surface area contributed by atoms with E-state index in [2.05, 4.69) is 4.90 Å². The number of hydrogen-bond donors (Lipinski definition) is 2. The summed E-state index contributed by atoms with van der Waals surface area (Å²) < 4.78 is 14.1. The van der Waals surface area contributed by atoms with Gasteiger partial charge in [-0.15, -0.1) is 0 Å². The fourth-order valence-electron chi connectivity index (χ4n) is 4.00. The molecule has 21 heavy (non-hydrogen) atoms. The van der Waals surface area contributed by atoms with Gasteiger partial charge in [-0.2, -0.15) is 0 Å². The van der Waals surface area contributed by atoms with Crippen LogP contribution >= 0.6 is 0 Å². The van der Waals surface area contributed by atoms with Gasteiger partial charge >= 0.3 is 7.12 Å². The molecule has 5 heteroatoms. The zero-order valence-electron chi connectivity index (χ0n) is 12.3. The second kappa shape index (κ2) is 6.47. The Bertz CT molecular complexity index is 495. The zero-order valence-corrected chi connectivity index (χ0v) is 12.3. The van der Waals surface area contributed by atoms with E-state index in [-0.39, 0.29) is 11.3 Å². The zero-order chi connectivity index (χ0) is 14.8. The van der Waals surface area contributed by atoms with Crippen LogP contribution in [-0.4, -0.2) is 34.7 Å². The molecule has 0 unspecified atom stereocenters. The summed E-state index contributed by atoms with van der Waals surface area (Å²) in [6.45, 7) is 1.68. The second-order valence-electron chi connectivity index (χ2n) is 6.45. The molecule has 114 valence electrons. The highest BCUT2D eigenvalue weighted by atomic mass is 19.1. The first kappa shape index (κ1) is 15.0. The smallest absolute Gasteiger partial charge is 0.423 e. The lowest BCUT2D eigenvalue weighted by atomic mass is 9.78. The molecule has 0 bridgehead atoms. The fraction of sp³-hybridized carbons (Fsp3) is 0.625. The monoisotopic (exact) mass is 291 g/mol. The van der Waals surface area contributed by atoms with Gasteiger partial charge < -0.3 is 10.0 Å². The highest BCUT2D eigenvalue weighted by Gasteiger charge is 2.33. The van der Waals surface area contributed by atoms with Gasteiger partial charge in [0, 0.05) is 18.2 Å². The molecule has 1 saturated heterocycles. The highest BCUT2D eigenvalue weighted by Crippen LogP contribution is 2.36. The molecular weight excluding hydrogens is 268 g/mol. The summed E-state index contributed by atoms with van der Waals surface area (Å²) in [4.78, 5) is 2.43. The molecule has 1 heterocycles. The summed E-state index contributed by atoms with van der Waals surface area (Å²) in [6.07, 6.45) is 7.71. The molecule has 0 spiro atoms. The minimum absolute atomic E-state index is 0.213. The number of halogens is 1. The molecule has 0 radical (unpaired) electrons. The maximum atomic E-state index is 14.1. The fourth-order valence-corrected chi connectivity index (χ4v) is 4.00. The van der Waals surface area contributed by atoms with Crippen molar-refractivity contribution in [2.75, 3.05) is 6.54 Å². The average molecular weight is 291 g/mol. The number of fused-ring (bicyclic) bond motifs is 1. The van der Waals surface area contributed by atoms with Gasteiger partial charge in [-0.05, 0) is 49.7 Å². The Labute approximate surface area is 125 Å². The van der Waals surface area contributed by atoms with Crippen LogP contribution in [0.4, 0.5) is 4.39 Å². The topological polar surface area (TPSA) is 43.7 Å². The van der Waals surface area contributed by atoms with Gasteiger partial charge in [0.05, 0.1) is 0 Å². The molecule has 2 aliphatic rings. The molecular formula is C16H23BFNO2. The summed E-state index contributed by atoms with van der Waals surface area (Å²) in [5, 5.41) is 18.2. The Morgan fingerprint density at radius 1 is 1.14 bits per heavy atom. The molecule has 3 rings (SSSR count). The number of likely N-dealkylation sites (tertiary alicyclic amines) is 1. The normalized spacial score (nSPS) is 26.4. The Morgan fingerprint density at radius 2 is 1.90 bits per heavy atom. The summed E-state index contributed by atoms with van der Waals surface area (Å²) in [6, 6.07) is 5.14. The second-order valence-corrected chi connectivity index (χ2v) is 6.45. The van der Waals surface area contributed by atoms with Gasteiger partial charge in [-0.25, -0.2) is 4.39 Å². The van der Waals surface area contributed by atoms with Crippen LogP contribution in [0.3, 0.4) is 0 Å². The van der Waals surface area contributed by atoms with Crippen molar-refractivity contribution in [3.63, 3.8) is 0 Å². The van der Waals surface area contributed by atoms with E-state index in [4.69, 9.17) is 10.0 Å². The van der Waals surface area contributed by atoms with Crippen LogP contribution in [0.5, 0.6) is 0 Å². The number of nitrogens with zero attached hydrogens (tertiary/aromatic N) is 1. The Hall–Kier alpha value is -0.905. The number of piperidine rings is 1. The molecule has 3 nitrogen and oxygen atoms in total. The molecule has 1 saturated carbocycles. The third-order valence-electron chi connectivity index (χ3n) is 5.11. The van der Waals surface area contributed by atoms with Crippen LogP contribution in [-0.2, 0) is 6.54 Å². The predicted octanol–water partition coefficient (Wildman–Crippen LogP) is 1.66. The molecule has 2 atom stereocenters. The van der Waals surface area contributed by atoms with Crippen LogP contribution in [0.1, 0.15) is 44.1 Å². The SMILES string of the molecule is OB(O)c1ccc(CN2CCC[C@H]3CCCC[C@H]32)c(F)c1. The average Bonchev–Trinajstić information content (AvgIpc) is 2.49. The van der Waals surface area contributed by atoms with Crippen molar-refractivity contribution in [1.82, 2.24) is 4.90 Å². The number of rotatable bonds is 3. The maximum absolute atomic E-state index is 14.1. The summed E-state index contributed by atoms with van der Waals surface area (Å²) in [5.41, 5.74) is 0.871. The first-order valence-electron chi connectivity index (χ1n) is 8.03. The van der Waals surface area contributed by atoms with E-state index in [1.165, 1.54) is 44.6 Å². The largest absolute Gasteiger partial charge is 0.488 e. The van der Waals surface area contributed by atoms with Crippen LogP contribution < -0.4 is 5.46 Å². The number of hydrogen-bond acceptors (Lipinski definition) is 3. The molecule has 1 aliphatic heterocycles. The van der Waals surface area contributed by atoms with Crippen LogP contribution in [0.25, 0.3) is 0 Å². The first-order valence-corrected chi connectivity index (χ1v) is 8.03. The molecule has 1 aromatic carbocycles. The van der Waals surface area contributed by atoms with Crippen molar-refractivity contribution in [3.05, 3.63) is 29.6 Å². The van der Waals surface area contributed by atoms with Crippen molar-refractivity contribution < 1.29 is 14.4 Å². The van der Waals surface area contributed by atoms with Gasteiger partial charge in [0.1, 0.15) is 5.82 Å². The van der Waals surface area contributed by atoms with Crippen molar-refractivity contribution in [3.8, 4) is 0 Å². The van der Waals surface area contributed by atoms with Crippen molar-refractivity contribution in [1.29, 1.82) is 0 Å². The molecule has 2 N–H and O–H groups in total. The van der Waals surface area contributed by atoms with Crippen molar-refractivity contribution in [2.45, 2.75) is 51.1 Å². The van der Waals surface area contributed by atoms with Gasteiger partial charge in [0.2, 0.25) is 0 Å². The summed E-state index contributed by atoms with van der Waals surface area (Å²) in [7, 11) is -1.61. The van der Waals surface area contributed by atoms with Gasteiger partial charge in [0.15, 0.2) is 0 Å². The van der Waals surface area contributed by atoms with E-state index in [9.17, 15) is 4.39 Å². The lowest BCUT2D eigenvalue weighted by Crippen LogP contribution is -2.46. The highest BCUT2D eigenvalue weighted by molar-refractivity contribution is 6.58. The van der Waals surface area contributed by atoms with E-state index in [0.29, 0.717) is 18.2 Å². The lowest BCUT2D eigenvalue weighted by Gasteiger charge is -2.44. The third-order valence-corrected chi connectivity index (χ3v) is 5.11. The van der Waals surface area contributed by atoms with Crippen LogP contribution in [0.15, 0.2) is 18.2 Å². The van der Waals surface area contributed by atoms with E-state index in [0.717, 1.165) is 12.5 Å². The minimum Gasteiger partial charge on any atom is -0.423 e. The van der Waals surface area contributed by atoms with Crippen molar-refractivity contribution in [2.24, 2.45) is 5.92 Å². The van der Waals surface area contributed by atoms with E-state index < -0.39 is 7.12 Å². The summed E-state index contributed by atoms with van der Waals surface area (Å²) >= 11 is 0. The molecule has 1 aliphatic carbocycles. The Morgan fingerprint density at radius 3 is 2.67 bits per heavy atom. The maximum Gasteiger partial charge on any atom is 0.488 e. The minimum atomic E-state index is -1.61. The Balaban J connectivity index is 1.73. The van der Waals surface area contributed by atoms with Crippen LogP contribution in [0.2, 0.25) is 0 Å². The van der Waals surface area contributed by atoms with Gasteiger partial charge in [-0.3, -0.25) is 4.90 Å². The molecule has 0 aromatic heterocycles.